The smallest absolute Gasteiger partial charge is 0.248 e. The van der Waals surface area contributed by atoms with E-state index in [0.29, 0.717) is 6.42 Å². The predicted molar refractivity (Wildman–Crippen MR) is 268 cm³/mol. The fourth-order valence-corrected chi connectivity index (χ4v) is 8.57. The van der Waals surface area contributed by atoms with Gasteiger partial charge in [0.05, 0.1) is 13.2 Å². The Morgan fingerprint density at radius 1 is 0.843 bits per heavy atom. The number of hydrogen-bond acceptors (Lipinski definition) is 12. The fraction of sp³-hybridized carbons (Fsp3) is 0.702. The zero-order valence-corrected chi connectivity index (χ0v) is 42.5. The number of aliphatic imine (C=N–C) groups is 1. The van der Waals surface area contributed by atoms with Crippen molar-refractivity contribution >= 4 is 70.9 Å². The Morgan fingerprint density at radius 2 is 1.49 bits per heavy atom. The quantitative estimate of drug-likeness (QED) is 0.0246. The van der Waals surface area contributed by atoms with E-state index in [0.717, 1.165) is 56.4 Å². The minimum absolute atomic E-state index is 0.0758. The first kappa shape index (κ1) is 60.4. The summed E-state index contributed by atoms with van der Waals surface area (Å²) >= 11 is 0.916. The first-order valence-corrected chi connectivity index (χ1v) is 25.6. The van der Waals surface area contributed by atoms with Gasteiger partial charge in [0, 0.05) is 45.4 Å². The normalized spacial score (nSPS) is 22.9. The number of unbranched alkanes of at least 4 members (excludes halogenated alkanes) is 12. The van der Waals surface area contributed by atoms with E-state index in [1.165, 1.54) is 69.6 Å². The van der Waals surface area contributed by atoms with Gasteiger partial charge in [0.15, 0.2) is 5.96 Å². The highest BCUT2D eigenvalue weighted by molar-refractivity contribution is 8.02. The number of nitrogens with zero attached hydrogens (tertiary/aromatic N) is 1. The van der Waals surface area contributed by atoms with Gasteiger partial charge in [-0.05, 0) is 56.4 Å². The Labute approximate surface area is 416 Å². The van der Waals surface area contributed by atoms with Gasteiger partial charge in [-0.2, -0.15) is 0 Å². The lowest BCUT2D eigenvalue weighted by molar-refractivity contribution is -0.141. The molecule has 0 radical (unpaired) electrons. The number of allylic oxidation sites excluding steroid dienone is 1. The minimum atomic E-state index is -2.02. The van der Waals surface area contributed by atoms with Crippen LogP contribution in [0.2, 0.25) is 0 Å². The van der Waals surface area contributed by atoms with Crippen LogP contribution in [0.4, 0.5) is 0 Å². The molecule has 9 amide bonds. The number of aliphatic hydroxyl groups is 1. The highest BCUT2D eigenvalue weighted by atomic mass is 32.2. The van der Waals surface area contributed by atoms with Crippen LogP contribution in [-0.2, 0) is 43.2 Å². The second kappa shape index (κ2) is 33.8. The number of nitrogens with two attached hydrogens (primary N) is 1. The number of rotatable bonds is 25. The number of guanidine groups is 1. The molecule has 0 aromatic rings. The van der Waals surface area contributed by atoms with E-state index < -0.39 is 108 Å². The molecule has 6 atom stereocenters. The van der Waals surface area contributed by atoms with Crippen molar-refractivity contribution in [3.63, 3.8) is 0 Å². The summed E-state index contributed by atoms with van der Waals surface area (Å²) in [7, 11) is 3.61. The van der Waals surface area contributed by atoms with Crippen LogP contribution in [0.3, 0.4) is 0 Å². The maximum atomic E-state index is 14.4. The molecule has 70 heavy (non-hydrogen) atoms. The molecule has 394 valence electrons. The molecule has 1 saturated heterocycles. The number of thioether (sulfide) groups is 1. The molecule has 1 fully saturated rings. The van der Waals surface area contributed by atoms with Crippen molar-refractivity contribution in [3.05, 3.63) is 23.8 Å². The summed E-state index contributed by atoms with van der Waals surface area (Å²) in [5, 5.41) is 37.7. The monoisotopic (exact) mass is 1000 g/mol. The zero-order valence-electron chi connectivity index (χ0n) is 41.7. The molecule has 2 bridgehead atoms. The Balaban J connectivity index is 2.14. The van der Waals surface area contributed by atoms with Crippen LogP contribution in [0.25, 0.3) is 0 Å². The van der Waals surface area contributed by atoms with Crippen LogP contribution in [-0.4, -0.2) is 140 Å². The molecule has 2 aliphatic rings. The third-order valence-corrected chi connectivity index (χ3v) is 12.7. The Hall–Kier alpha value is -5.71. The van der Waals surface area contributed by atoms with Crippen molar-refractivity contribution in [1.29, 1.82) is 0 Å². The molecule has 6 unspecified atom stereocenters. The number of primary amides is 1. The van der Waals surface area contributed by atoms with E-state index >= 15 is 0 Å². The molecule has 2 aliphatic heterocycles. The Bertz CT molecular complexity index is 1830. The largest absolute Gasteiger partial charge is 0.394 e. The van der Waals surface area contributed by atoms with Gasteiger partial charge in [-0.1, -0.05) is 84.1 Å². The van der Waals surface area contributed by atoms with Crippen LogP contribution < -0.4 is 58.9 Å². The van der Waals surface area contributed by atoms with Crippen molar-refractivity contribution in [1.82, 2.24) is 53.2 Å². The topological polar surface area (TPSA) is 333 Å². The van der Waals surface area contributed by atoms with Crippen molar-refractivity contribution < 1.29 is 48.3 Å². The highest BCUT2D eigenvalue weighted by Gasteiger charge is 2.48. The first-order chi connectivity index (χ1) is 33.4. The van der Waals surface area contributed by atoms with Crippen LogP contribution in [0, 0.1) is 5.92 Å². The van der Waals surface area contributed by atoms with E-state index in [9.17, 15) is 48.3 Å². The third kappa shape index (κ3) is 23.7. The number of carbonyl (C=O) groups is 9. The average molecular weight is 1010 g/mol. The molecule has 0 aliphatic carbocycles. The molecular weight excluding hydrogens is 925 g/mol. The summed E-state index contributed by atoms with van der Waals surface area (Å²) < 4.78 is 0. The predicted octanol–water partition coefficient (Wildman–Crippen LogP) is -0.134. The summed E-state index contributed by atoms with van der Waals surface area (Å²) in [5.41, 5.74) is 3.35. The maximum absolute atomic E-state index is 14.4. The molecule has 22 nitrogen and oxygen atoms in total. The first-order valence-electron chi connectivity index (χ1n) is 24.6. The van der Waals surface area contributed by atoms with Crippen molar-refractivity contribution in [2.75, 3.05) is 39.5 Å². The van der Waals surface area contributed by atoms with Gasteiger partial charge in [0.2, 0.25) is 53.2 Å². The van der Waals surface area contributed by atoms with E-state index in [1.54, 1.807) is 27.0 Å². The van der Waals surface area contributed by atoms with Crippen LogP contribution in [0.5, 0.6) is 0 Å². The molecule has 13 N–H and O–H groups in total. The van der Waals surface area contributed by atoms with E-state index in [-0.39, 0.29) is 30.9 Å². The van der Waals surface area contributed by atoms with Crippen molar-refractivity contribution in [2.24, 2.45) is 16.6 Å². The zero-order chi connectivity index (χ0) is 51.9. The molecule has 2 rings (SSSR count). The fourth-order valence-electron chi connectivity index (χ4n) is 7.71. The highest BCUT2D eigenvalue weighted by Crippen LogP contribution is 2.25. The Kier molecular flexibility index (Phi) is 29.1. The van der Waals surface area contributed by atoms with E-state index in [4.69, 9.17) is 5.73 Å². The maximum Gasteiger partial charge on any atom is 0.248 e. The number of fused-ring (bicyclic) bond motifs is 2. The number of amides is 9. The molecule has 0 spiro atoms. The standard InChI is InChI=1S/C47H80N12O10S/c1-31(2)26-34-41(65)53-28-39(63)55-36(29-60)42(66)51-24-25-70-30-47(27-35(44(68)56-34)57-43(67)33(58-45(47)69)21-22-37(48)61)59-40(64)32(3)54-38(62)20-18-16-14-12-10-8-6-7-9-11-13-15-17-19-23-52-46(49-4)50-5/h18,20,24-25,31-36,60H,6-17,19,21-23,26-30H2,1-5H3,(H2,48,61)(H,51,66)(H,53,65)(H,54,62)(H,55,63)(H,56,68)(H,57,67)(H,58,69)(H,59,64)(H2,49,50,52)/b20-18+,25-24-. The second-order valence-corrected chi connectivity index (χ2v) is 19.0. The summed E-state index contributed by atoms with van der Waals surface area (Å²) in [6, 6.07) is -6.81. The molecule has 0 aromatic carbocycles. The lowest BCUT2D eigenvalue weighted by Crippen LogP contribution is -2.71. The van der Waals surface area contributed by atoms with Crippen LogP contribution >= 0.6 is 11.8 Å². The van der Waals surface area contributed by atoms with E-state index in [2.05, 4.69) is 58.2 Å². The van der Waals surface area contributed by atoms with Gasteiger partial charge >= 0.3 is 0 Å². The van der Waals surface area contributed by atoms with Gasteiger partial charge in [0.25, 0.3) is 0 Å². The van der Waals surface area contributed by atoms with Gasteiger partial charge in [0.1, 0.15) is 35.7 Å². The lowest BCUT2D eigenvalue weighted by atomic mass is 9.88. The average Bonchev–Trinajstić information content (AvgIpc) is 3.31. The van der Waals surface area contributed by atoms with Gasteiger partial charge in [-0.25, -0.2) is 0 Å². The molecule has 0 aromatic heterocycles. The second-order valence-electron chi connectivity index (χ2n) is 18.1. The summed E-state index contributed by atoms with van der Waals surface area (Å²) in [4.78, 5) is 124. The Morgan fingerprint density at radius 3 is 2.09 bits per heavy atom. The van der Waals surface area contributed by atoms with Crippen LogP contribution in [0.1, 0.15) is 130 Å². The van der Waals surface area contributed by atoms with Gasteiger partial charge < -0.3 is 64.0 Å². The van der Waals surface area contributed by atoms with Crippen LogP contribution in [0.15, 0.2) is 28.8 Å². The molecule has 0 saturated carbocycles. The van der Waals surface area contributed by atoms with Gasteiger partial charge in [-0.15, -0.1) is 11.8 Å². The SMILES string of the molecule is CN=C(NC)NCCCCCCCCCCCCCC/C=C/C(=O)NC(C)C(=O)NC12CS/C=C\NC(=O)C(CO)NC(=O)CNC(=O)C(CC(C)C)NC(=O)C(C1)NC(=O)C(CCC(N)=O)NC2=O. The summed E-state index contributed by atoms with van der Waals surface area (Å²) in [6.45, 7) is 4.52. The summed E-state index contributed by atoms with van der Waals surface area (Å²) in [5.74, 6) is -6.82. The minimum Gasteiger partial charge on any atom is -0.394 e. The molecule has 23 heteroatoms. The van der Waals surface area contributed by atoms with Crippen molar-refractivity contribution in [2.45, 2.75) is 166 Å². The molecule has 2 heterocycles. The number of carbonyl (C=O) groups excluding carboxylic acids is 9. The number of hydrogen-bond donors (Lipinski definition) is 12. The lowest BCUT2D eigenvalue weighted by Gasteiger charge is -2.40. The molecular formula is C47H80N12O10S. The van der Waals surface area contributed by atoms with Crippen molar-refractivity contribution in [3.8, 4) is 0 Å². The van der Waals surface area contributed by atoms with Gasteiger partial charge in [-0.3, -0.25) is 48.1 Å². The number of nitrogens with one attached hydrogen (secondary N) is 10. The van der Waals surface area contributed by atoms with E-state index in [1.807, 2.05) is 7.05 Å². The number of aliphatic hydroxyl groups excluding tert-OH is 1. The summed E-state index contributed by atoms with van der Waals surface area (Å²) in [6.07, 6.45) is 17.8. The third-order valence-electron chi connectivity index (χ3n) is 11.7.